The number of ether oxygens (including phenoxy) is 2. The van der Waals surface area contributed by atoms with Crippen LogP contribution in [0.3, 0.4) is 0 Å². The molecular formula is C18H21Cl3NO2-. The van der Waals surface area contributed by atoms with Gasteiger partial charge in [-0.05, 0) is 23.8 Å². The molecule has 0 fully saturated rings. The largest absolute Gasteiger partial charge is 1.00 e. The van der Waals surface area contributed by atoms with Crippen LogP contribution in [0.15, 0.2) is 36.4 Å². The van der Waals surface area contributed by atoms with Crippen LogP contribution < -0.4 is 27.2 Å². The van der Waals surface area contributed by atoms with Gasteiger partial charge in [0.05, 0.1) is 12.1 Å². The number of hydrogen-bond acceptors (Lipinski definition) is 3. The summed E-state index contributed by atoms with van der Waals surface area (Å²) in [5.74, 6) is 1.15. The quantitative estimate of drug-likeness (QED) is 0.786. The first-order valence-corrected chi connectivity index (χ1v) is 8.23. The normalized spacial score (nSPS) is 10.4. The van der Waals surface area contributed by atoms with Crippen molar-refractivity contribution in [3.05, 3.63) is 57.6 Å². The Labute approximate surface area is 159 Å². The van der Waals surface area contributed by atoms with Gasteiger partial charge in [0, 0.05) is 23.2 Å². The molecule has 3 nitrogen and oxygen atoms in total. The highest BCUT2D eigenvalue weighted by molar-refractivity contribution is 6.32. The lowest BCUT2D eigenvalue weighted by Crippen LogP contribution is -3.00. The molecule has 0 saturated heterocycles. The first-order valence-electron chi connectivity index (χ1n) is 7.47. The average molecular weight is 390 g/mol. The molecule has 0 spiro atoms. The fourth-order valence-corrected chi connectivity index (χ4v) is 2.58. The van der Waals surface area contributed by atoms with Crippen LogP contribution in [0.4, 0.5) is 0 Å². The van der Waals surface area contributed by atoms with Crippen LogP contribution in [0.25, 0.3) is 0 Å². The molecule has 0 atom stereocenters. The summed E-state index contributed by atoms with van der Waals surface area (Å²) in [6.07, 6.45) is 0. The lowest BCUT2D eigenvalue weighted by molar-refractivity contribution is -0.00000532. The van der Waals surface area contributed by atoms with E-state index >= 15 is 0 Å². The Kier molecular flexibility index (Phi) is 8.71. The Hall–Kier alpha value is -1.13. The summed E-state index contributed by atoms with van der Waals surface area (Å²) >= 11 is 12.5. The number of rotatable bonds is 7. The standard InChI is InChI=1S/C18H21Cl2NO2.ClH/c1-12(2)21-10-13-8-16(20)18(17(9-13)22-3)23-11-14-6-4-5-7-15(14)19;/h4-9,12,21H,10-11H2,1-3H3;1H/p-1. The van der Waals surface area contributed by atoms with Gasteiger partial charge in [-0.15, -0.1) is 0 Å². The molecule has 132 valence electrons. The molecule has 1 N–H and O–H groups in total. The van der Waals surface area contributed by atoms with Gasteiger partial charge in [-0.1, -0.05) is 55.2 Å². The molecule has 2 aromatic rings. The van der Waals surface area contributed by atoms with Crippen molar-refractivity contribution < 1.29 is 21.9 Å². The van der Waals surface area contributed by atoms with Crippen molar-refractivity contribution in [2.24, 2.45) is 0 Å². The molecule has 0 bridgehead atoms. The van der Waals surface area contributed by atoms with Gasteiger partial charge in [0.1, 0.15) is 6.61 Å². The summed E-state index contributed by atoms with van der Waals surface area (Å²) < 4.78 is 11.3. The maximum absolute atomic E-state index is 6.37. The van der Waals surface area contributed by atoms with E-state index in [0.717, 1.165) is 17.7 Å². The monoisotopic (exact) mass is 388 g/mol. The van der Waals surface area contributed by atoms with E-state index in [1.54, 1.807) is 7.11 Å². The summed E-state index contributed by atoms with van der Waals surface area (Å²) in [7, 11) is 1.60. The number of halogens is 3. The second kappa shape index (κ2) is 10.00. The summed E-state index contributed by atoms with van der Waals surface area (Å²) in [5, 5.41) is 4.54. The predicted octanol–water partition coefficient (Wildman–Crippen LogP) is 2.08. The predicted molar refractivity (Wildman–Crippen MR) is 95.8 cm³/mol. The smallest absolute Gasteiger partial charge is 0.180 e. The van der Waals surface area contributed by atoms with Crippen molar-refractivity contribution in [3.63, 3.8) is 0 Å². The zero-order valence-corrected chi connectivity index (χ0v) is 16.2. The third-order valence-electron chi connectivity index (χ3n) is 3.33. The maximum Gasteiger partial charge on any atom is 0.180 e. The van der Waals surface area contributed by atoms with E-state index < -0.39 is 0 Å². The van der Waals surface area contributed by atoms with Crippen LogP contribution in [0.2, 0.25) is 10.0 Å². The molecular weight excluding hydrogens is 369 g/mol. The van der Waals surface area contributed by atoms with E-state index in [4.69, 9.17) is 32.7 Å². The van der Waals surface area contributed by atoms with Gasteiger partial charge in [-0.2, -0.15) is 0 Å². The zero-order valence-electron chi connectivity index (χ0n) is 13.9. The van der Waals surface area contributed by atoms with Gasteiger partial charge >= 0.3 is 0 Å². The molecule has 2 aromatic carbocycles. The number of hydrogen-bond donors (Lipinski definition) is 1. The Morgan fingerprint density at radius 3 is 2.42 bits per heavy atom. The second-order valence-corrected chi connectivity index (χ2v) is 6.34. The SMILES string of the molecule is COc1cc(CNC(C)C)cc(Cl)c1OCc1ccccc1Cl.[Cl-]. The molecule has 0 heterocycles. The fourth-order valence-electron chi connectivity index (χ4n) is 2.10. The summed E-state index contributed by atoms with van der Waals surface area (Å²) in [6, 6.07) is 11.8. The van der Waals surface area contributed by atoms with Crippen molar-refractivity contribution >= 4 is 23.2 Å². The minimum atomic E-state index is 0. The number of benzene rings is 2. The highest BCUT2D eigenvalue weighted by atomic mass is 35.5. The van der Waals surface area contributed by atoms with Crippen LogP contribution in [-0.2, 0) is 13.2 Å². The first kappa shape index (κ1) is 20.9. The lowest BCUT2D eigenvalue weighted by Gasteiger charge is -2.15. The number of nitrogens with one attached hydrogen (secondary N) is 1. The topological polar surface area (TPSA) is 30.5 Å². The molecule has 0 unspecified atom stereocenters. The lowest BCUT2D eigenvalue weighted by atomic mass is 10.2. The highest BCUT2D eigenvalue weighted by Gasteiger charge is 2.13. The third kappa shape index (κ3) is 5.75. The Morgan fingerprint density at radius 1 is 1.08 bits per heavy atom. The molecule has 0 radical (unpaired) electrons. The molecule has 0 aliphatic heterocycles. The Bertz CT molecular complexity index is 663. The summed E-state index contributed by atoms with van der Waals surface area (Å²) in [5.41, 5.74) is 1.95. The van der Waals surface area contributed by atoms with Crippen molar-refractivity contribution in [1.29, 1.82) is 0 Å². The van der Waals surface area contributed by atoms with Crippen LogP contribution in [0.5, 0.6) is 11.5 Å². The second-order valence-electron chi connectivity index (χ2n) is 5.52. The van der Waals surface area contributed by atoms with Crippen LogP contribution in [0.1, 0.15) is 25.0 Å². The van der Waals surface area contributed by atoms with Gasteiger partial charge in [-0.25, -0.2) is 0 Å². The molecule has 0 aromatic heterocycles. The minimum absolute atomic E-state index is 0. The Morgan fingerprint density at radius 2 is 1.79 bits per heavy atom. The molecule has 0 saturated carbocycles. The molecule has 2 rings (SSSR count). The first-order chi connectivity index (χ1) is 11.0. The molecule has 0 aliphatic carbocycles. The van der Waals surface area contributed by atoms with E-state index in [9.17, 15) is 0 Å². The highest BCUT2D eigenvalue weighted by Crippen LogP contribution is 2.37. The van der Waals surface area contributed by atoms with E-state index in [1.807, 2.05) is 36.4 Å². The molecule has 0 aliphatic rings. The van der Waals surface area contributed by atoms with Crippen molar-refractivity contribution in [1.82, 2.24) is 5.32 Å². The van der Waals surface area contributed by atoms with Crippen LogP contribution in [0, 0.1) is 0 Å². The average Bonchev–Trinajstić information content (AvgIpc) is 2.52. The van der Waals surface area contributed by atoms with Crippen LogP contribution >= 0.6 is 23.2 Å². The maximum atomic E-state index is 6.37. The number of methoxy groups -OCH3 is 1. The van der Waals surface area contributed by atoms with Crippen LogP contribution in [-0.4, -0.2) is 13.2 Å². The minimum Gasteiger partial charge on any atom is -1.00 e. The van der Waals surface area contributed by atoms with E-state index in [2.05, 4.69) is 19.2 Å². The van der Waals surface area contributed by atoms with E-state index in [0.29, 0.717) is 34.2 Å². The van der Waals surface area contributed by atoms with Gasteiger partial charge in [-0.3, -0.25) is 0 Å². The molecule has 6 heteroatoms. The van der Waals surface area contributed by atoms with E-state index in [-0.39, 0.29) is 12.4 Å². The third-order valence-corrected chi connectivity index (χ3v) is 3.98. The zero-order chi connectivity index (χ0) is 16.8. The fraction of sp³-hybridized carbons (Fsp3) is 0.333. The Balaban J connectivity index is 0.00000288. The van der Waals surface area contributed by atoms with Gasteiger partial charge in [0.15, 0.2) is 11.5 Å². The molecule has 24 heavy (non-hydrogen) atoms. The van der Waals surface area contributed by atoms with E-state index in [1.165, 1.54) is 0 Å². The molecule has 0 amide bonds. The van der Waals surface area contributed by atoms with Crippen molar-refractivity contribution in [2.45, 2.75) is 33.0 Å². The van der Waals surface area contributed by atoms with Gasteiger partial charge in [0.25, 0.3) is 0 Å². The van der Waals surface area contributed by atoms with Crippen molar-refractivity contribution in [2.75, 3.05) is 7.11 Å². The van der Waals surface area contributed by atoms with Crippen molar-refractivity contribution in [3.8, 4) is 11.5 Å². The summed E-state index contributed by atoms with van der Waals surface area (Å²) in [4.78, 5) is 0. The van der Waals surface area contributed by atoms with Gasteiger partial charge in [0.2, 0.25) is 0 Å². The van der Waals surface area contributed by atoms with Gasteiger partial charge < -0.3 is 27.2 Å². The summed E-state index contributed by atoms with van der Waals surface area (Å²) in [6.45, 7) is 5.25.